The van der Waals surface area contributed by atoms with Crippen LogP contribution < -0.4 is 0 Å². The lowest BCUT2D eigenvalue weighted by Crippen LogP contribution is -2.50. The molecule has 0 saturated carbocycles. The van der Waals surface area contributed by atoms with E-state index in [4.69, 9.17) is 0 Å². The first-order valence-corrected chi connectivity index (χ1v) is 7.46. The molecule has 0 unspecified atom stereocenters. The van der Waals surface area contributed by atoms with Crippen LogP contribution in [0.1, 0.15) is 0 Å². The lowest BCUT2D eigenvalue weighted by atomic mass is 10.3. The van der Waals surface area contributed by atoms with Gasteiger partial charge >= 0.3 is 0 Å². The Balaban J connectivity index is 2.09. The molecule has 0 bridgehead atoms. The highest BCUT2D eigenvalue weighted by Gasteiger charge is 2.29. The van der Waals surface area contributed by atoms with Crippen LogP contribution in [0.2, 0.25) is 0 Å². The predicted molar refractivity (Wildman–Crippen MR) is 72.0 cm³/mol. The van der Waals surface area contributed by atoms with Gasteiger partial charge in [-0.15, -0.1) is 0 Å². The van der Waals surface area contributed by atoms with Gasteiger partial charge in [0.25, 0.3) is 0 Å². The van der Waals surface area contributed by atoms with Gasteiger partial charge in [0.05, 0.1) is 4.90 Å². The number of amides is 1. The first-order valence-electron chi connectivity index (χ1n) is 6.02. The van der Waals surface area contributed by atoms with Gasteiger partial charge in [0, 0.05) is 26.2 Å². The standard InChI is InChI=1S/C13H16N2O3S/c1-2-13(16)14-8-10-15(11-9-14)19(17,18)12-6-4-3-5-7-12/h2-7H,1,8-11H2. The average Bonchev–Trinajstić information content (AvgIpc) is 2.47. The van der Waals surface area contributed by atoms with Crippen molar-refractivity contribution in [3.63, 3.8) is 0 Å². The number of carbonyl (C=O) groups is 1. The van der Waals surface area contributed by atoms with Crippen molar-refractivity contribution in [2.45, 2.75) is 4.90 Å². The largest absolute Gasteiger partial charge is 0.337 e. The average molecular weight is 280 g/mol. The minimum Gasteiger partial charge on any atom is -0.337 e. The minimum atomic E-state index is -3.45. The second-order valence-corrected chi connectivity index (χ2v) is 6.18. The zero-order chi connectivity index (χ0) is 13.9. The summed E-state index contributed by atoms with van der Waals surface area (Å²) >= 11 is 0. The number of nitrogens with zero attached hydrogens (tertiary/aromatic N) is 2. The highest BCUT2D eigenvalue weighted by Crippen LogP contribution is 2.17. The van der Waals surface area contributed by atoms with Crippen molar-refractivity contribution in [3.8, 4) is 0 Å². The molecule has 102 valence electrons. The topological polar surface area (TPSA) is 57.7 Å². The van der Waals surface area contributed by atoms with E-state index in [1.807, 2.05) is 0 Å². The van der Waals surface area contributed by atoms with Gasteiger partial charge in [-0.3, -0.25) is 4.79 Å². The minimum absolute atomic E-state index is 0.156. The van der Waals surface area contributed by atoms with Crippen molar-refractivity contribution in [3.05, 3.63) is 43.0 Å². The van der Waals surface area contributed by atoms with E-state index >= 15 is 0 Å². The van der Waals surface area contributed by atoms with Crippen LogP contribution in [0.4, 0.5) is 0 Å². The number of sulfonamides is 1. The van der Waals surface area contributed by atoms with Crippen molar-refractivity contribution >= 4 is 15.9 Å². The molecule has 6 heteroatoms. The van der Waals surface area contributed by atoms with Gasteiger partial charge in [0.2, 0.25) is 15.9 Å². The van der Waals surface area contributed by atoms with Crippen LogP contribution in [0.5, 0.6) is 0 Å². The molecule has 1 aromatic rings. The summed E-state index contributed by atoms with van der Waals surface area (Å²) in [6.45, 7) is 4.86. The number of hydrogen-bond acceptors (Lipinski definition) is 3. The van der Waals surface area contributed by atoms with Crippen LogP contribution in [0.3, 0.4) is 0 Å². The molecule has 1 amide bonds. The summed E-state index contributed by atoms with van der Waals surface area (Å²) in [6, 6.07) is 8.33. The third-order valence-corrected chi connectivity index (χ3v) is 5.02. The summed E-state index contributed by atoms with van der Waals surface area (Å²) in [5.74, 6) is -0.156. The molecule has 1 aliphatic heterocycles. The Morgan fingerprint density at radius 2 is 1.68 bits per heavy atom. The van der Waals surface area contributed by atoms with Gasteiger partial charge in [-0.25, -0.2) is 8.42 Å². The Morgan fingerprint density at radius 1 is 1.11 bits per heavy atom. The van der Waals surface area contributed by atoms with Crippen LogP contribution in [0.15, 0.2) is 47.9 Å². The van der Waals surface area contributed by atoms with Crippen molar-refractivity contribution in [1.82, 2.24) is 9.21 Å². The first-order chi connectivity index (χ1) is 9.05. The van der Waals surface area contributed by atoms with E-state index in [1.165, 1.54) is 10.4 Å². The highest BCUT2D eigenvalue weighted by molar-refractivity contribution is 7.89. The van der Waals surface area contributed by atoms with Gasteiger partial charge in [-0.2, -0.15) is 4.31 Å². The number of carbonyl (C=O) groups excluding carboxylic acids is 1. The molecule has 0 aliphatic carbocycles. The summed E-state index contributed by atoms with van der Waals surface area (Å²) in [4.78, 5) is 13.3. The third kappa shape index (κ3) is 2.85. The first kappa shape index (κ1) is 13.8. The Labute approximate surface area is 113 Å². The Bertz CT molecular complexity index is 561. The molecule has 0 spiro atoms. The van der Waals surface area contributed by atoms with Crippen LogP contribution in [0.25, 0.3) is 0 Å². The molecule has 2 rings (SSSR count). The summed E-state index contributed by atoms with van der Waals surface area (Å²) < 4.78 is 26.1. The van der Waals surface area contributed by atoms with Crippen molar-refractivity contribution in [2.75, 3.05) is 26.2 Å². The number of rotatable bonds is 3. The quantitative estimate of drug-likeness (QED) is 0.766. The zero-order valence-corrected chi connectivity index (χ0v) is 11.3. The van der Waals surface area contributed by atoms with E-state index in [0.29, 0.717) is 31.1 Å². The van der Waals surface area contributed by atoms with E-state index in [9.17, 15) is 13.2 Å². The molecular weight excluding hydrogens is 264 g/mol. The van der Waals surface area contributed by atoms with E-state index in [0.717, 1.165) is 0 Å². The molecule has 1 aromatic carbocycles. The normalized spacial score (nSPS) is 17.2. The number of benzene rings is 1. The highest BCUT2D eigenvalue weighted by atomic mass is 32.2. The molecular formula is C13H16N2O3S. The molecule has 0 N–H and O–H groups in total. The summed E-state index contributed by atoms with van der Waals surface area (Å²) in [5.41, 5.74) is 0. The SMILES string of the molecule is C=CC(=O)N1CCN(S(=O)(=O)c2ccccc2)CC1. The van der Waals surface area contributed by atoms with E-state index in [-0.39, 0.29) is 5.91 Å². The fraction of sp³-hybridized carbons (Fsp3) is 0.308. The number of piperazine rings is 1. The Hall–Kier alpha value is -1.66. The van der Waals surface area contributed by atoms with Crippen molar-refractivity contribution in [2.24, 2.45) is 0 Å². The van der Waals surface area contributed by atoms with Gasteiger partial charge in [-0.1, -0.05) is 24.8 Å². The van der Waals surface area contributed by atoms with E-state index < -0.39 is 10.0 Å². The molecule has 0 radical (unpaired) electrons. The third-order valence-electron chi connectivity index (χ3n) is 3.11. The maximum absolute atomic E-state index is 12.3. The summed E-state index contributed by atoms with van der Waals surface area (Å²) in [5, 5.41) is 0. The van der Waals surface area contributed by atoms with Crippen LogP contribution in [-0.4, -0.2) is 49.7 Å². The second kappa shape index (κ2) is 5.54. The Morgan fingerprint density at radius 3 is 2.21 bits per heavy atom. The fourth-order valence-corrected chi connectivity index (χ4v) is 3.46. The molecule has 1 saturated heterocycles. The molecule has 19 heavy (non-hydrogen) atoms. The fourth-order valence-electron chi connectivity index (χ4n) is 2.02. The van der Waals surface area contributed by atoms with Gasteiger partial charge in [0.1, 0.15) is 0 Å². The Kier molecular flexibility index (Phi) is 4.01. The molecule has 0 aromatic heterocycles. The molecule has 1 fully saturated rings. The maximum Gasteiger partial charge on any atom is 0.246 e. The van der Waals surface area contributed by atoms with Gasteiger partial charge < -0.3 is 4.90 Å². The lowest BCUT2D eigenvalue weighted by Gasteiger charge is -2.33. The number of hydrogen-bond donors (Lipinski definition) is 0. The molecule has 1 aliphatic rings. The monoisotopic (exact) mass is 280 g/mol. The lowest BCUT2D eigenvalue weighted by molar-refractivity contribution is -0.127. The molecule has 0 atom stereocenters. The van der Waals surface area contributed by atoms with E-state index in [2.05, 4.69) is 6.58 Å². The molecule has 1 heterocycles. The van der Waals surface area contributed by atoms with Crippen LogP contribution in [-0.2, 0) is 14.8 Å². The second-order valence-electron chi connectivity index (χ2n) is 4.25. The zero-order valence-electron chi connectivity index (χ0n) is 10.5. The van der Waals surface area contributed by atoms with Crippen LogP contribution in [0, 0.1) is 0 Å². The molecule has 5 nitrogen and oxygen atoms in total. The maximum atomic E-state index is 12.3. The van der Waals surface area contributed by atoms with Crippen LogP contribution >= 0.6 is 0 Å². The summed E-state index contributed by atoms with van der Waals surface area (Å²) in [6.07, 6.45) is 1.25. The summed E-state index contributed by atoms with van der Waals surface area (Å²) in [7, 11) is -3.45. The van der Waals surface area contributed by atoms with Crippen molar-refractivity contribution in [1.29, 1.82) is 0 Å². The van der Waals surface area contributed by atoms with E-state index in [1.54, 1.807) is 35.2 Å². The van der Waals surface area contributed by atoms with Crippen molar-refractivity contribution < 1.29 is 13.2 Å². The smallest absolute Gasteiger partial charge is 0.246 e. The van der Waals surface area contributed by atoms with Gasteiger partial charge in [0.15, 0.2) is 0 Å². The predicted octanol–water partition coefficient (Wildman–Crippen LogP) is 0.706. The van der Waals surface area contributed by atoms with Gasteiger partial charge in [-0.05, 0) is 18.2 Å².